The molecule has 0 saturated carbocycles. The second-order valence-corrected chi connectivity index (χ2v) is 3.18. The van der Waals surface area contributed by atoms with E-state index in [1.807, 2.05) is 5.32 Å². The molecule has 0 fully saturated rings. The van der Waals surface area contributed by atoms with E-state index in [0.717, 1.165) is 12.1 Å². The molecular weight excluding hydrogens is 239 g/mol. The van der Waals surface area contributed by atoms with Crippen LogP contribution in [0.25, 0.3) is 0 Å². The third kappa shape index (κ3) is 3.78. The van der Waals surface area contributed by atoms with Gasteiger partial charge < -0.3 is 10.4 Å². The Labute approximate surface area is 94.1 Å². The van der Waals surface area contributed by atoms with Crippen LogP contribution in [0.4, 0.5) is 13.2 Å². The summed E-state index contributed by atoms with van der Waals surface area (Å²) in [5, 5.41) is 10.3. The lowest BCUT2D eigenvalue weighted by atomic mass is 10.1. The highest BCUT2D eigenvalue weighted by Gasteiger charge is 2.29. The van der Waals surface area contributed by atoms with Crippen LogP contribution >= 0.6 is 0 Å². The van der Waals surface area contributed by atoms with Crippen molar-refractivity contribution < 1.29 is 27.9 Å². The second kappa shape index (κ2) is 4.86. The Morgan fingerprint density at radius 2 is 1.71 bits per heavy atom. The van der Waals surface area contributed by atoms with Crippen molar-refractivity contribution in [3.63, 3.8) is 0 Å². The Hall–Kier alpha value is -2.05. The SMILES string of the molecule is O=C(O)C(=O)NCc1ccc(C(F)(F)F)cc1. The first kappa shape index (κ1) is 13.0. The topological polar surface area (TPSA) is 66.4 Å². The van der Waals surface area contributed by atoms with Gasteiger partial charge in [0, 0.05) is 6.54 Å². The van der Waals surface area contributed by atoms with Gasteiger partial charge in [-0.25, -0.2) is 4.79 Å². The standard InChI is InChI=1S/C10H8F3NO3/c11-10(12,13)7-3-1-6(2-4-7)5-14-8(15)9(16)17/h1-4H,5H2,(H,14,15)(H,16,17). The summed E-state index contributed by atoms with van der Waals surface area (Å²) in [5.41, 5.74) is -0.418. The zero-order chi connectivity index (χ0) is 13.1. The molecule has 0 bridgehead atoms. The van der Waals surface area contributed by atoms with E-state index in [0.29, 0.717) is 5.56 Å². The highest BCUT2D eigenvalue weighted by molar-refractivity contribution is 6.31. The summed E-state index contributed by atoms with van der Waals surface area (Å²) < 4.78 is 36.6. The lowest BCUT2D eigenvalue weighted by Crippen LogP contribution is -2.30. The number of halogens is 3. The molecule has 0 unspecified atom stereocenters. The number of carbonyl (C=O) groups excluding carboxylic acids is 1. The van der Waals surface area contributed by atoms with Crippen molar-refractivity contribution in [3.8, 4) is 0 Å². The van der Waals surface area contributed by atoms with E-state index in [1.165, 1.54) is 12.1 Å². The van der Waals surface area contributed by atoms with Crippen LogP contribution in [0.2, 0.25) is 0 Å². The van der Waals surface area contributed by atoms with Crippen molar-refractivity contribution in [1.29, 1.82) is 0 Å². The Kier molecular flexibility index (Phi) is 3.72. The summed E-state index contributed by atoms with van der Waals surface area (Å²) in [6.45, 7) is -0.136. The van der Waals surface area contributed by atoms with Gasteiger partial charge in [-0.1, -0.05) is 12.1 Å². The maximum Gasteiger partial charge on any atom is 0.416 e. The van der Waals surface area contributed by atoms with Gasteiger partial charge in [-0.15, -0.1) is 0 Å². The molecule has 0 aliphatic heterocycles. The summed E-state index contributed by atoms with van der Waals surface area (Å²) in [7, 11) is 0. The van der Waals surface area contributed by atoms with E-state index in [2.05, 4.69) is 0 Å². The third-order valence-electron chi connectivity index (χ3n) is 1.93. The van der Waals surface area contributed by atoms with Gasteiger partial charge in [0.15, 0.2) is 0 Å². The van der Waals surface area contributed by atoms with Gasteiger partial charge in [0.1, 0.15) is 0 Å². The van der Waals surface area contributed by atoms with E-state index < -0.39 is 23.6 Å². The van der Waals surface area contributed by atoms with E-state index in [-0.39, 0.29) is 6.54 Å². The van der Waals surface area contributed by atoms with Crippen LogP contribution in [0.1, 0.15) is 11.1 Å². The molecule has 1 amide bonds. The molecule has 92 valence electrons. The van der Waals surface area contributed by atoms with Gasteiger partial charge in [0.25, 0.3) is 0 Å². The molecule has 1 aromatic rings. The maximum absolute atomic E-state index is 12.2. The lowest BCUT2D eigenvalue weighted by molar-refractivity contribution is -0.150. The molecule has 0 radical (unpaired) electrons. The van der Waals surface area contributed by atoms with Crippen LogP contribution < -0.4 is 5.32 Å². The summed E-state index contributed by atoms with van der Waals surface area (Å²) in [4.78, 5) is 20.8. The molecule has 4 nitrogen and oxygen atoms in total. The Morgan fingerprint density at radius 1 is 1.18 bits per heavy atom. The van der Waals surface area contributed by atoms with Crippen molar-refractivity contribution >= 4 is 11.9 Å². The predicted octanol–water partition coefficient (Wildman–Crippen LogP) is 1.41. The quantitative estimate of drug-likeness (QED) is 0.776. The first-order valence-electron chi connectivity index (χ1n) is 4.48. The monoisotopic (exact) mass is 247 g/mol. The minimum atomic E-state index is -4.41. The smallest absolute Gasteiger partial charge is 0.416 e. The van der Waals surface area contributed by atoms with Crippen LogP contribution in [0, 0.1) is 0 Å². The molecule has 0 atom stereocenters. The molecule has 0 spiro atoms. The van der Waals surface area contributed by atoms with Crippen molar-refractivity contribution in [2.45, 2.75) is 12.7 Å². The van der Waals surface area contributed by atoms with Crippen molar-refractivity contribution in [2.24, 2.45) is 0 Å². The van der Waals surface area contributed by atoms with Crippen molar-refractivity contribution in [1.82, 2.24) is 5.32 Å². The third-order valence-corrected chi connectivity index (χ3v) is 1.93. The highest BCUT2D eigenvalue weighted by atomic mass is 19.4. The molecule has 0 aliphatic carbocycles. The number of benzene rings is 1. The van der Waals surface area contributed by atoms with Gasteiger partial charge >= 0.3 is 18.1 Å². The summed E-state index contributed by atoms with van der Waals surface area (Å²) in [6, 6.07) is 4.07. The van der Waals surface area contributed by atoms with E-state index in [1.54, 1.807) is 0 Å². The van der Waals surface area contributed by atoms with Crippen LogP contribution in [0.15, 0.2) is 24.3 Å². The zero-order valence-electron chi connectivity index (χ0n) is 8.41. The van der Waals surface area contributed by atoms with Crippen molar-refractivity contribution in [2.75, 3.05) is 0 Å². The van der Waals surface area contributed by atoms with Gasteiger partial charge in [-0.3, -0.25) is 4.79 Å². The minimum Gasteiger partial charge on any atom is -0.474 e. The molecule has 17 heavy (non-hydrogen) atoms. The lowest BCUT2D eigenvalue weighted by Gasteiger charge is -2.07. The number of nitrogens with one attached hydrogen (secondary N) is 1. The average Bonchev–Trinajstić information content (AvgIpc) is 2.25. The van der Waals surface area contributed by atoms with Crippen molar-refractivity contribution in [3.05, 3.63) is 35.4 Å². The minimum absolute atomic E-state index is 0.136. The second-order valence-electron chi connectivity index (χ2n) is 3.18. The number of carbonyl (C=O) groups is 2. The average molecular weight is 247 g/mol. The summed E-state index contributed by atoms with van der Waals surface area (Å²) in [6.07, 6.45) is -4.41. The van der Waals surface area contributed by atoms with Gasteiger partial charge in [0.05, 0.1) is 5.56 Å². The molecule has 0 aromatic heterocycles. The molecule has 7 heteroatoms. The van der Waals surface area contributed by atoms with E-state index in [9.17, 15) is 22.8 Å². The number of hydrogen-bond acceptors (Lipinski definition) is 2. The molecule has 1 rings (SSSR count). The van der Waals surface area contributed by atoms with E-state index in [4.69, 9.17) is 5.11 Å². The summed E-state index contributed by atoms with van der Waals surface area (Å²) >= 11 is 0. The predicted molar refractivity (Wildman–Crippen MR) is 50.9 cm³/mol. The Balaban J connectivity index is 2.63. The van der Waals surface area contributed by atoms with E-state index >= 15 is 0 Å². The Morgan fingerprint density at radius 3 is 2.12 bits per heavy atom. The van der Waals surface area contributed by atoms with Crippen LogP contribution in [-0.4, -0.2) is 17.0 Å². The highest BCUT2D eigenvalue weighted by Crippen LogP contribution is 2.28. The van der Waals surface area contributed by atoms with Gasteiger partial charge in [0.2, 0.25) is 0 Å². The molecule has 0 aliphatic rings. The molecule has 1 aromatic carbocycles. The normalized spacial score (nSPS) is 11.0. The number of rotatable bonds is 2. The number of amides is 1. The Bertz CT molecular complexity index is 425. The number of hydrogen-bond donors (Lipinski definition) is 2. The fraction of sp³-hybridized carbons (Fsp3) is 0.200. The summed E-state index contributed by atoms with van der Waals surface area (Å²) in [5.74, 6) is -2.85. The van der Waals surface area contributed by atoms with Crippen LogP contribution in [-0.2, 0) is 22.3 Å². The molecular formula is C10H8F3NO3. The van der Waals surface area contributed by atoms with Crippen LogP contribution in [0.5, 0.6) is 0 Å². The fourth-order valence-corrected chi connectivity index (χ4v) is 1.07. The zero-order valence-corrected chi connectivity index (χ0v) is 8.41. The van der Waals surface area contributed by atoms with Gasteiger partial charge in [-0.05, 0) is 17.7 Å². The van der Waals surface area contributed by atoms with Gasteiger partial charge in [-0.2, -0.15) is 13.2 Å². The number of carboxylic acid groups (broad SMARTS) is 1. The largest absolute Gasteiger partial charge is 0.474 e. The van der Waals surface area contributed by atoms with Crippen LogP contribution in [0.3, 0.4) is 0 Å². The molecule has 0 saturated heterocycles. The maximum atomic E-state index is 12.2. The molecule has 2 N–H and O–H groups in total. The first-order valence-corrected chi connectivity index (χ1v) is 4.48. The number of aliphatic carboxylic acids is 1. The number of carboxylic acids is 1. The first-order chi connectivity index (χ1) is 7.80. The number of alkyl halides is 3. The fourth-order valence-electron chi connectivity index (χ4n) is 1.07. The molecule has 0 heterocycles.